The molecule has 2 aromatic heterocycles. The number of carbonyl (C=O) groups is 2. The first kappa shape index (κ1) is 22.8. The highest BCUT2D eigenvalue weighted by molar-refractivity contribution is 9.10. The fraction of sp³-hybridized carbons (Fsp3) is 0.571. The Morgan fingerprint density at radius 2 is 2.09 bits per heavy atom. The van der Waals surface area contributed by atoms with E-state index in [0.717, 1.165) is 18.5 Å². The van der Waals surface area contributed by atoms with Crippen LogP contribution < -0.4 is 10.2 Å². The van der Waals surface area contributed by atoms with Crippen LogP contribution in [0.1, 0.15) is 40.0 Å². The second kappa shape index (κ2) is 7.86. The van der Waals surface area contributed by atoms with Crippen LogP contribution in [0.2, 0.25) is 0 Å². The number of nitrogens with one attached hydrogen (secondary N) is 2. The van der Waals surface area contributed by atoms with Crippen LogP contribution in [0.4, 0.5) is 25.0 Å². The molecule has 4 rings (SSSR count). The molecule has 2 aliphatic rings. The molecule has 3 N–H and O–H groups in total. The fourth-order valence-corrected chi connectivity index (χ4v) is 5.09. The molecule has 2 fully saturated rings. The Labute approximate surface area is 192 Å². The molecule has 0 aromatic carbocycles. The fourth-order valence-electron chi connectivity index (χ4n) is 4.54. The first-order valence-corrected chi connectivity index (χ1v) is 11.3. The van der Waals surface area contributed by atoms with Gasteiger partial charge in [-0.25, -0.2) is 18.6 Å². The lowest BCUT2D eigenvalue weighted by molar-refractivity contribution is -0.119. The predicted molar refractivity (Wildman–Crippen MR) is 120 cm³/mol. The van der Waals surface area contributed by atoms with E-state index in [4.69, 9.17) is 0 Å². The Bertz CT molecular complexity index is 1070. The molecular weight excluding hydrogens is 488 g/mol. The van der Waals surface area contributed by atoms with Crippen molar-refractivity contribution in [2.75, 3.05) is 23.3 Å². The molecule has 0 spiro atoms. The molecule has 1 unspecified atom stereocenters. The Morgan fingerprint density at radius 1 is 1.41 bits per heavy atom. The van der Waals surface area contributed by atoms with Crippen molar-refractivity contribution in [3.05, 3.63) is 16.9 Å². The molecule has 0 radical (unpaired) electrons. The van der Waals surface area contributed by atoms with E-state index in [1.807, 2.05) is 20.8 Å². The SMILES string of the molecule is CC(C)(C)N(C(=O)O)[C@@H]1CCCN(c2c(Br)cnc3[nH]cc(NC(=O)C4CC4(F)F)c23)C1. The summed E-state index contributed by atoms with van der Waals surface area (Å²) in [6.07, 6.45) is 3.29. The monoisotopic (exact) mass is 513 g/mol. The number of carboxylic acid groups (broad SMARTS) is 1. The van der Waals surface area contributed by atoms with E-state index in [0.29, 0.717) is 34.3 Å². The molecular formula is C21H26BrF2N5O3. The number of anilines is 2. The maximum absolute atomic E-state index is 13.4. The van der Waals surface area contributed by atoms with E-state index >= 15 is 0 Å². The Kier molecular flexibility index (Phi) is 5.59. The second-order valence-corrected chi connectivity index (χ2v) is 10.3. The van der Waals surface area contributed by atoms with Gasteiger partial charge >= 0.3 is 6.09 Å². The molecule has 2 amide bonds. The van der Waals surface area contributed by atoms with Crippen LogP contribution >= 0.6 is 15.9 Å². The van der Waals surface area contributed by atoms with E-state index in [9.17, 15) is 23.5 Å². The Balaban J connectivity index is 1.67. The van der Waals surface area contributed by atoms with E-state index in [1.54, 1.807) is 12.4 Å². The van der Waals surface area contributed by atoms with Gasteiger partial charge in [0.25, 0.3) is 5.92 Å². The van der Waals surface area contributed by atoms with Crippen molar-refractivity contribution in [2.45, 2.75) is 57.5 Å². The number of fused-ring (bicyclic) bond motifs is 1. The number of H-pyrrole nitrogens is 1. The van der Waals surface area contributed by atoms with Gasteiger partial charge in [-0.2, -0.15) is 0 Å². The molecule has 32 heavy (non-hydrogen) atoms. The minimum Gasteiger partial charge on any atom is -0.465 e. The summed E-state index contributed by atoms with van der Waals surface area (Å²) in [4.78, 5) is 35.2. The quantitative estimate of drug-likeness (QED) is 0.551. The third kappa shape index (κ3) is 4.14. The van der Waals surface area contributed by atoms with E-state index in [2.05, 4.69) is 36.1 Å². The molecule has 1 aliphatic carbocycles. The van der Waals surface area contributed by atoms with E-state index in [-0.39, 0.29) is 6.04 Å². The highest BCUT2D eigenvalue weighted by Gasteiger charge is 2.61. The zero-order valence-electron chi connectivity index (χ0n) is 18.1. The van der Waals surface area contributed by atoms with Gasteiger partial charge in [0.05, 0.1) is 27.3 Å². The van der Waals surface area contributed by atoms with Crippen LogP contribution in [0.25, 0.3) is 11.0 Å². The third-order valence-corrected chi connectivity index (χ3v) is 6.62. The maximum atomic E-state index is 13.4. The molecule has 1 saturated carbocycles. The average Bonchev–Trinajstić information content (AvgIpc) is 3.14. The number of alkyl halides is 2. The molecule has 11 heteroatoms. The van der Waals surface area contributed by atoms with Gasteiger partial charge in [-0.1, -0.05) is 0 Å². The summed E-state index contributed by atoms with van der Waals surface area (Å²) in [5.74, 6) is -4.99. The molecule has 1 aliphatic heterocycles. The smallest absolute Gasteiger partial charge is 0.408 e. The van der Waals surface area contributed by atoms with Gasteiger partial charge in [-0.3, -0.25) is 9.69 Å². The highest BCUT2D eigenvalue weighted by atomic mass is 79.9. The van der Waals surface area contributed by atoms with Gasteiger partial charge in [0.1, 0.15) is 11.6 Å². The lowest BCUT2D eigenvalue weighted by atomic mass is 9.97. The second-order valence-electron chi connectivity index (χ2n) is 9.45. The minimum atomic E-state index is -2.95. The summed E-state index contributed by atoms with van der Waals surface area (Å²) in [7, 11) is 0. The van der Waals surface area contributed by atoms with E-state index < -0.39 is 35.8 Å². The number of halogens is 3. The van der Waals surface area contributed by atoms with Crippen LogP contribution in [-0.2, 0) is 4.79 Å². The molecule has 2 atom stereocenters. The van der Waals surface area contributed by atoms with Crippen LogP contribution in [0.3, 0.4) is 0 Å². The first-order chi connectivity index (χ1) is 14.9. The number of aromatic amines is 1. The lowest BCUT2D eigenvalue weighted by Crippen LogP contribution is -2.56. The molecule has 1 saturated heterocycles. The summed E-state index contributed by atoms with van der Waals surface area (Å²) in [6.45, 7) is 6.75. The van der Waals surface area contributed by atoms with Crippen LogP contribution in [-0.4, -0.2) is 62.6 Å². The van der Waals surface area contributed by atoms with Crippen molar-refractivity contribution in [3.8, 4) is 0 Å². The molecule has 3 heterocycles. The molecule has 8 nitrogen and oxygen atoms in total. The summed E-state index contributed by atoms with van der Waals surface area (Å²) >= 11 is 3.54. The number of rotatable bonds is 4. The number of pyridine rings is 1. The largest absolute Gasteiger partial charge is 0.465 e. The molecule has 0 bridgehead atoms. The van der Waals surface area contributed by atoms with Gasteiger partial charge in [-0.05, 0) is 49.5 Å². The Hall–Kier alpha value is -2.43. The van der Waals surface area contributed by atoms with Crippen molar-refractivity contribution >= 4 is 50.3 Å². The van der Waals surface area contributed by atoms with E-state index in [1.165, 1.54) is 4.90 Å². The zero-order chi connectivity index (χ0) is 23.4. The minimum absolute atomic E-state index is 0.224. The summed E-state index contributed by atoms with van der Waals surface area (Å²) in [5.41, 5.74) is 1.07. The summed E-state index contributed by atoms with van der Waals surface area (Å²) in [5, 5.41) is 13.1. The number of amides is 2. The van der Waals surface area contributed by atoms with Crippen molar-refractivity contribution in [1.82, 2.24) is 14.9 Å². The highest BCUT2D eigenvalue weighted by Crippen LogP contribution is 2.49. The number of hydrogen-bond donors (Lipinski definition) is 3. The predicted octanol–water partition coefficient (Wildman–Crippen LogP) is 4.67. The van der Waals surface area contributed by atoms with Crippen LogP contribution in [0.5, 0.6) is 0 Å². The van der Waals surface area contributed by atoms with Gasteiger partial charge in [0, 0.05) is 37.4 Å². The van der Waals surface area contributed by atoms with Crippen molar-refractivity contribution < 1.29 is 23.5 Å². The number of piperidine rings is 1. The topological polar surface area (TPSA) is 102 Å². The third-order valence-electron chi connectivity index (χ3n) is 6.04. The maximum Gasteiger partial charge on any atom is 0.408 e. The zero-order valence-corrected chi connectivity index (χ0v) is 19.7. The molecule has 2 aromatic rings. The summed E-state index contributed by atoms with van der Waals surface area (Å²) < 4.78 is 27.4. The van der Waals surface area contributed by atoms with Crippen LogP contribution in [0, 0.1) is 5.92 Å². The number of aromatic nitrogens is 2. The Morgan fingerprint density at radius 3 is 2.69 bits per heavy atom. The number of hydrogen-bond acceptors (Lipinski definition) is 4. The van der Waals surface area contributed by atoms with Crippen molar-refractivity contribution in [1.29, 1.82) is 0 Å². The first-order valence-electron chi connectivity index (χ1n) is 10.5. The normalized spacial score (nSPS) is 22.6. The van der Waals surface area contributed by atoms with Crippen molar-refractivity contribution in [3.63, 3.8) is 0 Å². The van der Waals surface area contributed by atoms with Gasteiger partial charge in [0.15, 0.2) is 0 Å². The molecule has 174 valence electrons. The summed E-state index contributed by atoms with van der Waals surface area (Å²) in [6, 6.07) is -0.224. The number of carbonyl (C=O) groups excluding carboxylic acids is 1. The van der Waals surface area contributed by atoms with Crippen molar-refractivity contribution in [2.24, 2.45) is 5.92 Å². The lowest BCUT2D eigenvalue weighted by Gasteiger charge is -2.45. The average molecular weight is 514 g/mol. The van der Waals surface area contributed by atoms with Gasteiger partial charge < -0.3 is 20.3 Å². The van der Waals surface area contributed by atoms with Gasteiger partial charge in [0.2, 0.25) is 5.91 Å². The number of nitrogens with zero attached hydrogens (tertiary/aromatic N) is 3. The van der Waals surface area contributed by atoms with Crippen LogP contribution in [0.15, 0.2) is 16.9 Å². The standard InChI is InChI=1S/C21H26BrF2N5O3/c1-20(2,3)29(19(31)32)11-5-4-6-28(10-11)16-13(22)8-25-17-15(16)14(9-26-17)27-18(30)12-7-21(12,23)24/h8-9,11-12H,4-7,10H2,1-3H3,(H,25,26)(H,27,30)(H,31,32)/t11-,12?/m1/s1. The van der Waals surface area contributed by atoms with Gasteiger partial charge in [-0.15, -0.1) is 0 Å².